The molecule has 0 aliphatic heterocycles. The zero-order chi connectivity index (χ0) is 9.26. The molecule has 0 aliphatic rings. The number of nitrogens with two attached hydrogens (primary N) is 2. The monoisotopic (exact) mass is 198 g/mol. The van der Waals surface area contributed by atoms with Crippen molar-refractivity contribution in [2.24, 2.45) is 0 Å². The lowest BCUT2D eigenvalue weighted by atomic mass is 11.1. The zero-order valence-electron chi connectivity index (χ0n) is 6.35. The molecule has 68 valence electrons. The molecule has 0 aliphatic carbocycles. The van der Waals surface area contributed by atoms with Gasteiger partial charge in [-0.3, -0.25) is 0 Å². The maximum absolute atomic E-state index is 5.32. The summed E-state index contributed by atoms with van der Waals surface area (Å²) in [5.74, 6) is 0.511. The first kappa shape index (κ1) is 7.86. The SMILES string of the molecule is Nc1nc(Sc2n[nH]c(N)n2)n[nH]1. The summed E-state index contributed by atoms with van der Waals surface area (Å²) in [6.45, 7) is 0. The molecule has 0 atom stereocenters. The topological polar surface area (TPSA) is 135 Å². The molecule has 0 radical (unpaired) electrons. The number of nitrogens with zero attached hydrogens (tertiary/aromatic N) is 4. The minimum absolute atomic E-state index is 0.256. The Morgan fingerprint density at radius 3 is 1.69 bits per heavy atom. The van der Waals surface area contributed by atoms with Gasteiger partial charge in [-0.2, -0.15) is 9.97 Å². The zero-order valence-corrected chi connectivity index (χ0v) is 7.17. The molecule has 13 heavy (non-hydrogen) atoms. The summed E-state index contributed by atoms with van der Waals surface area (Å²) in [6.07, 6.45) is 0. The second-order valence-corrected chi connectivity index (χ2v) is 3.04. The molecule has 8 nitrogen and oxygen atoms in total. The summed E-state index contributed by atoms with van der Waals surface area (Å²) in [7, 11) is 0. The van der Waals surface area contributed by atoms with Gasteiger partial charge in [-0.15, -0.1) is 10.2 Å². The van der Waals surface area contributed by atoms with Gasteiger partial charge in [-0.1, -0.05) is 0 Å². The number of H-pyrrole nitrogens is 2. The minimum Gasteiger partial charge on any atom is -0.368 e. The molecule has 2 rings (SSSR count). The average molecular weight is 198 g/mol. The molecule has 0 fully saturated rings. The lowest BCUT2D eigenvalue weighted by molar-refractivity contribution is 0.939. The molecule has 0 bridgehead atoms. The first-order valence-corrected chi connectivity index (χ1v) is 4.09. The van der Waals surface area contributed by atoms with Crippen LogP contribution in [0, 0.1) is 0 Å². The number of hydrogen-bond acceptors (Lipinski definition) is 7. The van der Waals surface area contributed by atoms with E-state index in [-0.39, 0.29) is 11.9 Å². The summed E-state index contributed by atoms with van der Waals surface area (Å²) in [4.78, 5) is 7.71. The van der Waals surface area contributed by atoms with E-state index in [0.717, 1.165) is 11.8 Å². The molecule has 0 saturated carbocycles. The van der Waals surface area contributed by atoms with E-state index >= 15 is 0 Å². The normalized spacial score (nSPS) is 10.5. The lowest BCUT2D eigenvalue weighted by Crippen LogP contribution is -1.85. The molecule has 0 saturated heterocycles. The average Bonchev–Trinajstić information content (AvgIpc) is 2.62. The number of hydrogen-bond donors (Lipinski definition) is 4. The van der Waals surface area contributed by atoms with Crippen LogP contribution in [-0.4, -0.2) is 30.4 Å². The molecule has 6 N–H and O–H groups in total. The van der Waals surface area contributed by atoms with Crippen molar-refractivity contribution in [2.45, 2.75) is 10.3 Å². The number of anilines is 2. The highest BCUT2D eigenvalue weighted by molar-refractivity contribution is 7.99. The molecule has 0 amide bonds. The fourth-order valence-corrected chi connectivity index (χ4v) is 1.32. The fourth-order valence-electron chi connectivity index (χ4n) is 0.689. The van der Waals surface area contributed by atoms with Crippen molar-refractivity contribution in [3.63, 3.8) is 0 Å². The Kier molecular flexibility index (Phi) is 1.77. The van der Waals surface area contributed by atoms with E-state index in [0.29, 0.717) is 10.3 Å². The van der Waals surface area contributed by atoms with Crippen LogP contribution < -0.4 is 11.5 Å². The Hall–Kier alpha value is -1.77. The second-order valence-electron chi connectivity index (χ2n) is 2.11. The summed E-state index contributed by atoms with van der Waals surface area (Å²) in [5, 5.41) is 13.5. The van der Waals surface area contributed by atoms with E-state index < -0.39 is 0 Å². The van der Waals surface area contributed by atoms with Gasteiger partial charge in [0.25, 0.3) is 0 Å². The van der Waals surface area contributed by atoms with Crippen molar-refractivity contribution < 1.29 is 0 Å². The fraction of sp³-hybridized carbons (Fsp3) is 0. The largest absolute Gasteiger partial charge is 0.368 e. The first-order valence-electron chi connectivity index (χ1n) is 3.27. The second kappa shape index (κ2) is 2.94. The summed E-state index contributed by atoms with van der Waals surface area (Å²) in [5.41, 5.74) is 10.6. The van der Waals surface area contributed by atoms with Crippen molar-refractivity contribution in [2.75, 3.05) is 11.5 Å². The standard InChI is InChI=1S/C4H6N8S/c5-1-7-3(11-9-1)13-4-8-2(6)10-12-4/h(H3,5,7,9,11)(H3,6,8,10,12). The van der Waals surface area contributed by atoms with E-state index in [1.165, 1.54) is 0 Å². The maximum Gasteiger partial charge on any atom is 0.217 e. The minimum atomic E-state index is 0.256. The third-order valence-electron chi connectivity index (χ3n) is 1.15. The molecule has 2 heterocycles. The van der Waals surface area contributed by atoms with Gasteiger partial charge in [0.2, 0.25) is 22.2 Å². The van der Waals surface area contributed by atoms with Gasteiger partial charge in [-0.05, 0) is 11.8 Å². The van der Waals surface area contributed by atoms with Crippen LogP contribution in [0.5, 0.6) is 0 Å². The van der Waals surface area contributed by atoms with E-state index in [1.807, 2.05) is 0 Å². The van der Waals surface area contributed by atoms with E-state index in [4.69, 9.17) is 11.5 Å². The highest BCUT2D eigenvalue weighted by Gasteiger charge is 2.06. The number of aromatic amines is 2. The molecular weight excluding hydrogens is 192 g/mol. The Morgan fingerprint density at radius 2 is 1.38 bits per heavy atom. The highest BCUT2D eigenvalue weighted by atomic mass is 32.2. The number of nitrogen functional groups attached to an aromatic ring is 2. The van der Waals surface area contributed by atoms with Crippen molar-refractivity contribution in [3.8, 4) is 0 Å². The molecule has 2 aromatic rings. The Morgan fingerprint density at radius 1 is 0.923 bits per heavy atom. The predicted molar refractivity (Wildman–Crippen MR) is 45.7 cm³/mol. The van der Waals surface area contributed by atoms with E-state index in [2.05, 4.69) is 30.4 Å². The predicted octanol–water partition coefficient (Wildman–Crippen LogP) is -0.762. The third-order valence-corrected chi connectivity index (χ3v) is 1.88. The van der Waals surface area contributed by atoms with Crippen molar-refractivity contribution in [1.29, 1.82) is 0 Å². The van der Waals surface area contributed by atoms with Crippen molar-refractivity contribution in [3.05, 3.63) is 0 Å². The van der Waals surface area contributed by atoms with Gasteiger partial charge in [0.05, 0.1) is 0 Å². The van der Waals surface area contributed by atoms with Crippen LogP contribution in [-0.2, 0) is 0 Å². The van der Waals surface area contributed by atoms with Crippen LogP contribution in [0.4, 0.5) is 11.9 Å². The van der Waals surface area contributed by atoms with Gasteiger partial charge >= 0.3 is 0 Å². The van der Waals surface area contributed by atoms with Gasteiger partial charge in [0.15, 0.2) is 0 Å². The number of nitrogens with one attached hydrogen (secondary N) is 2. The van der Waals surface area contributed by atoms with Crippen LogP contribution in [0.1, 0.15) is 0 Å². The molecule has 0 aromatic carbocycles. The maximum atomic E-state index is 5.32. The molecular formula is C4H6N8S. The molecule has 0 spiro atoms. The Labute approximate surface area is 76.5 Å². The van der Waals surface area contributed by atoms with Crippen LogP contribution in [0.15, 0.2) is 10.3 Å². The van der Waals surface area contributed by atoms with Gasteiger partial charge in [-0.25, -0.2) is 10.2 Å². The summed E-state index contributed by atoms with van der Waals surface area (Å²) in [6, 6.07) is 0. The van der Waals surface area contributed by atoms with Crippen molar-refractivity contribution >= 4 is 23.7 Å². The Balaban J connectivity index is 2.14. The smallest absolute Gasteiger partial charge is 0.217 e. The van der Waals surface area contributed by atoms with Gasteiger partial charge < -0.3 is 11.5 Å². The Bertz CT molecular complexity index is 365. The molecule has 9 heteroatoms. The van der Waals surface area contributed by atoms with Crippen LogP contribution in [0.3, 0.4) is 0 Å². The van der Waals surface area contributed by atoms with Crippen LogP contribution in [0.2, 0.25) is 0 Å². The lowest BCUT2D eigenvalue weighted by Gasteiger charge is -1.84. The molecule has 2 aromatic heterocycles. The van der Waals surface area contributed by atoms with Crippen LogP contribution in [0.25, 0.3) is 0 Å². The summed E-state index contributed by atoms with van der Waals surface area (Å²) < 4.78 is 0. The van der Waals surface area contributed by atoms with Gasteiger partial charge in [0, 0.05) is 0 Å². The first-order chi connectivity index (χ1) is 6.24. The number of rotatable bonds is 2. The highest BCUT2D eigenvalue weighted by Crippen LogP contribution is 2.20. The van der Waals surface area contributed by atoms with Gasteiger partial charge in [0.1, 0.15) is 0 Å². The summed E-state index contributed by atoms with van der Waals surface area (Å²) >= 11 is 1.16. The quantitative estimate of drug-likeness (QED) is 0.498. The van der Waals surface area contributed by atoms with Crippen molar-refractivity contribution in [1.82, 2.24) is 30.4 Å². The van der Waals surface area contributed by atoms with Crippen LogP contribution >= 0.6 is 11.8 Å². The number of aromatic nitrogens is 6. The van der Waals surface area contributed by atoms with E-state index in [9.17, 15) is 0 Å². The molecule has 0 unspecified atom stereocenters. The third kappa shape index (κ3) is 1.69. The van der Waals surface area contributed by atoms with E-state index in [1.54, 1.807) is 0 Å².